The lowest BCUT2D eigenvalue weighted by Crippen LogP contribution is -2.28. The number of carbonyl (C=O) groups is 1. The van der Waals surface area contributed by atoms with Gasteiger partial charge in [-0.1, -0.05) is 12.1 Å². The lowest BCUT2D eigenvalue weighted by molar-refractivity contribution is 0.0914. The van der Waals surface area contributed by atoms with Crippen LogP contribution >= 0.6 is 0 Å². The molecule has 158 valence electrons. The van der Waals surface area contributed by atoms with E-state index in [0.717, 1.165) is 17.0 Å². The van der Waals surface area contributed by atoms with Gasteiger partial charge in [0.1, 0.15) is 17.6 Å². The van der Waals surface area contributed by atoms with Crippen LogP contribution in [0.1, 0.15) is 39.0 Å². The van der Waals surface area contributed by atoms with Crippen LogP contribution in [0.25, 0.3) is 0 Å². The van der Waals surface area contributed by atoms with E-state index in [9.17, 15) is 9.90 Å². The summed E-state index contributed by atoms with van der Waals surface area (Å²) < 4.78 is 12.4. The second kappa shape index (κ2) is 9.45. The maximum Gasteiger partial charge on any atom is 0.251 e. The van der Waals surface area contributed by atoms with Gasteiger partial charge in [0.15, 0.2) is 0 Å². The van der Waals surface area contributed by atoms with E-state index in [0.29, 0.717) is 29.2 Å². The van der Waals surface area contributed by atoms with E-state index in [1.807, 2.05) is 42.8 Å². The predicted molar refractivity (Wildman–Crippen MR) is 114 cm³/mol. The Hall–Kier alpha value is -3.32. The Labute approximate surface area is 176 Å². The molecule has 0 radical (unpaired) electrons. The highest BCUT2D eigenvalue weighted by Crippen LogP contribution is 2.29. The van der Waals surface area contributed by atoms with Gasteiger partial charge >= 0.3 is 0 Å². The summed E-state index contributed by atoms with van der Waals surface area (Å²) in [6.45, 7) is 4.59. The van der Waals surface area contributed by atoms with Gasteiger partial charge in [-0.2, -0.15) is 5.10 Å². The van der Waals surface area contributed by atoms with Crippen molar-refractivity contribution in [1.82, 2.24) is 15.1 Å². The third-order valence-corrected chi connectivity index (χ3v) is 4.88. The number of amides is 1. The van der Waals surface area contributed by atoms with Gasteiger partial charge in [0.05, 0.1) is 26.5 Å². The number of methoxy groups -OCH3 is 2. The van der Waals surface area contributed by atoms with Gasteiger partial charge in [-0.05, 0) is 55.8 Å². The molecular formula is C23H27N3O4. The fourth-order valence-corrected chi connectivity index (χ4v) is 3.32. The molecule has 1 atom stereocenters. The largest absolute Gasteiger partial charge is 0.497 e. The number of aryl methyl sites for hydroxylation is 2. The van der Waals surface area contributed by atoms with E-state index in [2.05, 4.69) is 10.4 Å². The lowest BCUT2D eigenvalue weighted by atomic mass is 10.1. The number of aliphatic hydroxyl groups excluding tert-OH is 1. The molecule has 0 fully saturated rings. The summed E-state index contributed by atoms with van der Waals surface area (Å²) >= 11 is 0. The molecule has 30 heavy (non-hydrogen) atoms. The summed E-state index contributed by atoms with van der Waals surface area (Å²) in [6.07, 6.45) is -0.933. The Kier molecular flexibility index (Phi) is 6.74. The first kappa shape index (κ1) is 21.4. The molecule has 1 unspecified atom stereocenters. The maximum absolute atomic E-state index is 12.6. The SMILES string of the molecule is COc1ccc(OC)c(C(O)CNC(=O)c2cccc(Cn3nc(C)cc3C)c2)c1. The van der Waals surface area contributed by atoms with Crippen LogP contribution in [-0.2, 0) is 6.54 Å². The highest BCUT2D eigenvalue weighted by molar-refractivity contribution is 5.94. The Morgan fingerprint density at radius 3 is 2.60 bits per heavy atom. The van der Waals surface area contributed by atoms with Gasteiger partial charge in [0.25, 0.3) is 5.91 Å². The molecule has 7 nitrogen and oxygen atoms in total. The predicted octanol–water partition coefficient (Wildman–Crippen LogP) is 3.03. The summed E-state index contributed by atoms with van der Waals surface area (Å²) in [5.74, 6) is 0.878. The Morgan fingerprint density at radius 1 is 1.13 bits per heavy atom. The van der Waals surface area contributed by atoms with Crippen molar-refractivity contribution in [3.63, 3.8) is 0 Å². The molecule has 2 N–H and O–H groups in total. The molecule has 1 aromatic heterocycles. The first-order chi connectivity index (χ1) is 14.4. The number of aromatic nitrogens is 2. The number of carbonyl (C=O) groups excluding carboxylic acids is 1. The van der Waals surface area contributed by atoms with Gasteiger partial charge in [0, 0.05) is 23.4 Å². The van der Waals surface area contributed by atoms with Gasteiger partial charge in [-0.15, -0.1) is 0 Å². The zero-order valence-corrected chi connectivity index (χ0v) is 17.7. The molecule has 0 saturated carbocycles. The topological polar surface area (TPSA) is 85.6 Å². The van der Waals surface area contributed by atoms with Gasteiger partial charge in [0.2, 0.25) is 0 Å². The number of nitrogens with one attached hydrogen (secondary N) is 1. The number of rotatable bonds is 8. The number of ether oxygens (including phenoxy) is 2. The fourth-order valence-electron chi connectivity index (χ4n) is 3.32. The van der Waals surface area contributed by atoms with Crippen molar-refractivity contribution >= 4 is 5.91 Å². The third-order valence-electron chi connectivity index (χ3n) is 4.88. The van der Waals surface area contributed by atoms with Crippen LogP contribution in [-0.4, -0.2) is 41.6 Å². The van der Waals surface area contributed by atoms with Gasteiger partial charge < -0.3 is 19.9 Å². The van der Waals surface area contributed by atoms with Gasteiger partial charge in [-0.25, -0.2) is 0 Å². The number of hydrogen-bond donors (Lipinski definition) is 2. The lowest BCUT2D eigenvalue weighted by Gasteiger charge is -2.17. The van der Waals surface area contributed by atoms with Crippen LogP contribution in [0, 0.1) is 13.8 Å². The van der Waals surface area contributed by atoms with Crippen LogP contribution in [0.2, 0.25) is 0 Å². The zero-order chi connectivity index (χ0) is 21.7. The molecule has 3 rings (SSSR count). The molecule has 0 saturated heterocycles. The van der Waals surface area contributed by atoms with Gasteiger partial charge in [-0.3, -0.25) is 9.48 Å². The van der Waals surface area contributed by atoms with Crippen molar-refractivity contribution in [3.05, 3.63) is 76.6 Å². The number of hydrogen-bond acceptors (Lipinski definition) is 5. The molecule has 1 heterocycles. The normalized spacial score (nSPS) is 11.8. The van der Waals surface area contributed by atoms with E-state index >= 15 is 0 Å². The van der Waals surface area contributed by atoms with Crippen LogP contribution in [0.4, 0.5) is 0 Å². The minimum absolute atomic E-state index is 0.0457. The van der Waals surface area contributed by atoms with Crippen LogP contribution in [0.15, 0.2) is 48.5 Å². The Morgan fingerprint density at radius 2 is 1.93 bits per heavy atom. The molecule has 0 aliphatic heterocycles. The highest BCUT2D eigenvalue weighted by Gasteiger charge is 2.16. The first-order valence-corrected chi connectivity index (χ1v) is 9.69. The number of benzene rings is 2. The molecule has 2 aromatic carbocycles. The monoisotopic (exact) mass is 409 g/mol. The average molecular weight is 409 g/mol. The van der Waals surface area contributed by atoms with Crippen molar-refractivity contribution in [2.24, 2.45) is 0 Å². The smallest absolute Gasteiger partial charge is 0.251 e. The van der Waals surface area contributed by atoms with Crippen molar-refractivity contribution in [2.75, 3.05) is 20.8 Å². The van der Waals surface area contributed by atoms with Crippen molar-refractivity contribution in [1.29, 1.82) is 0 Å². The van der Waals surface area contributed by atoms with E-state index in [4.69, 9.17) is 9.47 Å². The fraction of sp³-hybridized carbons (Fsp3) is 0.304. The highest BCUT2D eigenvalue weighted by atomic mass is 16.5. The van der Waals surface area contributed by atoms with Crippen molar-refractivity contribution in [3.8, 4) is 11.5 Å². The van der Waals surface area contributed by atoms with E-state index in [1.54, 1.807) is 31.4 Å². The Bertz CT molecular complexity index is 1030. The van der Waals surface area contributed by atoms with Crippen molar-refractivity contribution in [2.45, 2.75) is 26.5 Å². The second-order valence-corrected chi connectivity index (χ2v) is 7.12. The number of nitrogens with zero attached hydrogens (tertiary/aromatic N) is 2. The third kappa shape index (κ3) is 4.99. The minimum Gasteiger partial charge on any atom is -0.497 e. The summed E-state index contributed by atoms with van der Waals surface area (Å²) in [4.78, 5) is 12.6. The van der Waals surface area contributed by atoms with Crippen LogP contribution in [0.3, 0.4) is 0 Å². The molecule has 0 bridgehead atoms. The quantitative estimate of drug-likeness (QED) is 0.597. The first-order valence-electron chi connectivity index (χ1n) is 9.69. The van der Waals surface area contributed by atoms with Crippen LogP contribution < -0.4 is 14.8 Å². The summed E-state index contributed by atoms with van der Waals surface area (Å²) in [5.41, 5.74) is 4.08. The standard InChI is InChI=1S/C23H27N3O4/c1-15-10-16(2)26(25-15)14-17-6-5-7-18(11-17)23(28)24-13-21(27)20-12-19(29-3)8-9-22(20)30-4/h5-12,21,27H,13-14H2,1-4H3,(H,24,28). The molecule has 0 spiro atoms. The molecule has 0 aliphatic rings. The minimum atomic E-state index is -0.933. The van der Waals surface area contributed by atoms with E-state index in [1.165, 1.54) is 7.11 Å². The molecule has 7 heteroatoms. The summed E-state index contributed by atoms with van der Waals surface area (Å²) in [7, 11) is 3.09. The number of aliphatic hydroxyl groups is 1. The van der Waals surface area contributed by atoms with E-state index in [-0.39, 0.29) is 12.5 Å². The zero-order valence-electron chi connectivity index (χ0n) is 17.7. The average Bonchev–Trinajstić information content (AvgIpc) is 3.07. The maximum atomic E-state index is 12.6. The molecule has 1 amide bonds. The molecular weight excluding hydrogens is 382 g/mol. The molecule has 3 aromatic rings. The molecule has 0 aliphatic carbocycles. The Balaban J connectivity index is 1.67. The summed E-state index contributed by atoms with van der Waals surface area (Å²) in [5, 5.41) is 17.8. The second-order valence-electron chi connectivity index (χ2n) is 7.12. The summed E-state index contributed by atoms with van der Waals surface area (Å²) in [6, 6.07) is 14.6. The van der Waals surface area contributed by atoms with E-state index < -0.39 is 6.10 Å². The van der Waals surface area contributed by atoms with Crippen molar-refractivity contribution < 1.29 is 19.4 Å². The van der Waals surface area contributed by atoms with Crippen LogP contribution in [0.5, 0.6) is 11.5 Å².